The summed E-state index contributed by atoms with van der Waals surface area (Å²) in [5.41, 5.74) is 0. The van der Waals surface area contributed by atoms with E-state index < -0.39 is 35.4 Å². The first-order valence-corrected chi connectivity index (χ1v) is 4.37. The molecule has 0 bridgehead atoms. The molecule has 3 nitrogen and oxygen atoms in total. The molecule has 0 aromatic rings. The van der Waals surface area contributed by atoms with Gasteiger partial charge in [0.2, 0.25) is 11.6 Å². The molecule has 2 saturated carbocycles. The molecule has 3 unspecified atom stereocenters. The Balaban J connectivity index is 2.27. The van der Waals surface area contributed by atoms with Crippen molar-refractivity contribution in [1.29, 1.82) is 0 Å². The van der Waals surface area contributed by atoms with Gasteiger partial charge in [-0.3, -0.25) is 14.4 Å². The monoisotopic (exact) mass is 184 g/mol. The fourth-order valence-corrected chi connectivity index (χ4v) is 2.18. The minimum Gasteiger partial charge on any atom is -0.290 e. The summed E-state index contributed by atoms with van der Waals surface area (Å²) in [6.45, 7) is 0. The number of hydrogen-bond acceptors (Lipinski definition) is 3. The van der Waals surface area contributed by atoms with E-state index in [0.717, 1.165) is 0 Å². The van der Waals surface area contributed by atoms with Gasteiger partial charge in [-0.2, -0.15) is 0 Å². The fraction of sp³-hybridized carbons (Fsp3) is 0.667. The van der Waals surface area contributed by atoms with Crippen molar-refractivity contribution >= 4 is 17.3 Å². The summed E-state index contributed by atoms with van der Waals surface area (Å²) in [6, 6.07) is 0. The van der Waals surface area contributed by atoms with Crippen LogP contribution in [-0.2, 0) is 14.4 Å². The number of carbonyl (C=O) groups is 3. The van der Waals surface area contributed by atoms with Crippen molar-refractivity contribution in [3.8, 4) is 0 Å². The molecule has 0 aromatic heterocycles. The van der Waals surface area contributed by atoms with E-state index in [1.54, 1.807) is 0 Å². The van der Waals surface area contributed by atoms with Gasteiger partial charge >= 0.3 is 0 Å². The molecule has 0 aromatic carbocycles. The predicted molar refractivity (Wildman–Crippen MR) is 40.7 cm³/mol. The lowest BCUT2D eigenvalue weighted by Gasteiger charge is -2.24. The second-order valence-electron chi connectivity index (χ2n) is 3.68. The molecule has 0 aliphatic heterocycles. The molecule has 0 amide bonds. The number of hydrogen-bond donors (Lipinski definition) is 0. The van der Waals surface area contributed by atoms with E-state index in [1.165, 1.54) is 0 Å². The molecule has 2 fully saturated rings. The van der Waals surface area contributed by atoms with Gasteiger partial charge in [-0.1, -0.05) is 0 Å². The maximum absolute atomic E-state index is 12.9. The highest BCUT2D eigenvalue weighted by atomic mass is 19.1. The quantitative estimate of drug-likeness (QED) is 0.514. The minimum absolute atomic E-state index is 0.0565. The summed E-state index contributed by atoms with van der Waals surface area (Å²) in [7, 11) is 0. The van der Waals surface area contributed by atoms with Crippen LogP contribution in [-0.4, -0.2) is 23.5 Å². The van der Waals surface area contributed by atoms with Crippen molar-refractivity contribution in [1.82, 2.24) is 0 Å². The van der Waals surface area contributed by atoms with Crippen LogP contribution < -0.4 is 0 Å². The molecule has 3 atom stereocenters. The second-order valence-corrected chi connectivity index (χ2v) is 3.68. The predicted octanol–water partition coefficient (Wildman–Crippen LogP) is 0.462. The van der Waals surface area contributed by atoms with Crippen molar-refractivity contribution in [2.45, 2.75) is 25.4 Å². The van der Waals surface area contributed by atoms with Crippen LogP contribution in [0.15, 0.2) is 0 Å². The van der Waals surface area contributed by atoms with Crippen LogP contribution in [0.4, 0.5) is 4.39 Å². The van der Waals surface area contributed by atoms with E-state index in [1.807, 2.05) is 0 Å². The molecular formula is C9H9FO3. The van der Waals surface area contributed by atoms with Gasteiger partial charge in [0.1, 0.15) is 6.17 Å². The normalized spacial score (nSPS) is 39.5. The summed E-state index contributed by atoms with van der Waals surface area (Å²) in [5, 5.41) is 0. The lowest BCUT2D eigenvalue weighted by Crippen LogP contribution is -2.27. The topological polar surface area (TPSA) is 51.2 Å². The van der Waals surface area contributed by atoms with Gasteiger partial charge in [-0.05, 0) is 19.3 Å². The Morgan fingerprint density at radius 2 is 1.62 bits per heavy atom. The number of fused-ring (bicyclic) bond motifs is 1. The van der Waals surface area contributed by atoms with E-state index in [9.17, 15) is 18.8 Å². The maximum Gasteiger partial charge on any atom is 0.264 e. The molecule has 0 heterocycles. The third-order valence-corrected chi connectivity index (χ3v) is 2.91. The van der Waals surface area contributed by atoms with Gasteiger partial charge < -0.3 is 0 Å². The van der Waals surface area contributed by atoms with Crippen LogP contribution in [0.3, 0.4) is 0 Å². The third-order valence-electron chi connectivity index (χ3n) is 2.91. The van der Waals surface area contributed by atoms with E-state index in [4.69, 9.17) is 0 Å². The zero-order chi connectivity index (χ0) is 9.59. The Kier molecular flexibility index (Phi) is 1.78. The molecule has 0 saturated heterocycles. The van der Waals surface area contributed by atoms with Gasteiger partial charge in [-0.15, -0.1) is 0 Å². The first-order valence-electron chi connectivity index (χ1n) is 4.37. The first kappa shape index (κ1) is 8.53. The van der Waals surface area contributed by atoms with E-state index >= 15 is 0 Å². The largest absolute Gasteiger partial charge is 0.290 e. The molecular weight excluding hydrogens is 175 g/mol. The fourth-order valence-electron chi connectivity index (χ4n) is 2.18. The number of alkyl halides is 1. The van der Waals surface area contributed by atoms with E-state index in [-0.39, 0.29) is 6.42 Å². The van der Waals surface area contributed by atoms with Gasteiger partial charge in [0.15, 0.2) is 0 Å². The second kappa shape index (κ2) is 2.72. The molecule has 70 valence electrons. The standard InChI is InChI=1S/C9H9FO3/c10-4-1-2-5-6(3-4)8(12)9(13)7(5)11/h4-6H,1-3H2. The first-order chi connectivity index (χ1) is 6.11. The van der Waals surface area contributed by atoms with Gasteiger partial charge in [0, 0.05) is 11.8 Å². The number of Topliss-reactive ketones (excluding diaryl/α,β-unsaturated/α-hetero) is 3. The summed E-state index contributed by atoms with van der Waals surface area (Å²) in [5.74, 6) is -3.33. The molecule has 2 rings (SSSR count). The van der Waals surface area contributed by atoms with Crippen molar-refractivity contribution < 1.29 is 18.8 Å². The molecule has 13 heavy (non-hydrogen) atoms. The summed E-state index contributed by atoms with van der Waals surface area (Å²) in [4.78, 5) is 33.3. The maximum atomic E-state index is 12.9. The van der Waals surface area contributed by atoms with Crippen LogP contribution in [0.5, 0.6) is 0 Å². The van der Waals surface area contributed by atoms with Gasteiger partial charge in [0.05, 0.1) is 0 Å². The van der Waals surface area contributed by atoms with Gasteiger partial charge in [0.25, 0.3) is 5.78 Å². The zero-order valence-corrected chi connectivity index (χ0v) is 6.96. The number of rotatable bonds is 0. The highest BCUT2D eigenvalue weighted by molar-refractivity contribution is 6.68. The Labute approximate surface area is 74.3 Å². The average molecular weight is 184 g/mol. The van der Waals surface area contributed by atoms with Crippen LogP contribution in [0.25, 0.3) is 0 Å². The molecule has 0 N–H and O–H groups in total. The summed E-state index contributed by atoms with van der Waals surface area (Å²) < 4.78 is 12.9. The van der Waals surface area contributed by atoms with Crippen LogP contribution >= 0.6 is 0 Å². The lowest BCUT2D eigenvalue weighted by molar-refractivity contribution is -0.141. The Morgan fingerprint density at radius 1 is 1.00 bits per heavy atom. The van der Waals surface area contributed by atoms with Crippen molar-refractivity contribution in [3.05, 3.63) is 0 Å². The van der Waals surface area contributed by atoms with Crippen LogP contribution in [0, 0.1) is 11.8 Å². The number of ketones is 3. The summed E-state index contributed by atoms with van der Waals surface area (Å²) in [6.07, 6.45) is -0.319. The molecule has 2 aliphatic rings. The minimum atomic E-state index is -1.02. The molecule has 2 aliphatic carbocycles. The van der Waals surface area contributed by atoms with Crippen molar-refractivity contribution in [2.24, 2.45) is 11.8 Å². The molecule has 0 radical (unpaired) electrons. The highest BCUT2D eigenvalue weighted by Gasteiger charge is 2.50. The van der Waals surface area contributed by atoms with Crippen molar-refractivity contribution in [3.63, 3.8) is 0 Å². The molecule has 0 spiro atoms. The smallest absolute Gasteiger partial charge is 0.264 e. The van der Waals surface area contributed by atoms with Gasteiger partial charge in [-0.25, -0.2) is 4.39 Å². The lowest BCUT2D eigenvalue weighted by atomic mass is 9.80. The van der Waals surface area contributed by atoms with E-state index in [2.05, 4.69) is 0 Å². The average Bonchev–Trinajstić information content (AvgIpc) is 2.32. The number of halogens is 1. The Morgan fingerprint density at radius 3 is 2.31 bits per heavy atom. The summed E-state index contributed by atoms with van der Waals surface area (Å²) >= 11 is 0. The Hall–Kier alpha value is -1.06. The molecule has 4 heteroatoms. The van der Waals surface area contributed by atoms with Crippen LogP contribution in [0.1, 0.15) is 19.3 Å². The van der Waals surface area contributed by atoms with E-state index in [0.29, 0.717) is 12.8 Å². The number of carbonyl (C=O) groups excluding carboxylic acids is 3. The van der Waals surface area contributed by atoms with Crippen LogP contribution in [0.2, 0.25) is 0 Å². The third kappa shape index (κ3) is 1.12. The SMILES string of the molecule is O=C1C(=O)C2CCC(F)CC2C1=O. The highest BCUT2D eigenvalue weighted by Crippen LogP contribution is 2.37. The van der Waals surface area contributed by atoms with Crippen molar-refractivity contribution in [2.75, 3.05) is 0 Å². The Bertz CT molecular complexity index is 297. The zero-order valence-electron chi connectivity index (χ0n) is 6.96.